The van der Waals surface area contributed by atoms with E-state index in [0.29, 0.717) is 17.6 Å². The molecule has 8 nitrogen and oxygen atoms in total. The van der Waals surface area contributed by atoms with Gasteiger partial charge in [0.05, 0.1) is 6.26 Å². The van der Waals surface area contributed by atoms with Gasteiger partial charge in [-0.2, -0.15) is 5.26 Å². The molecule has 29 heavy (non-hydrogen) atoms. The molecule has 1 aliphatic heterocycles. The van der Waals surface area contributed by atoms with E-state index in [-0.39, 0.29) is 5.91 Å². The van der Waals surface area contributed by atoms with Crippen molar-refractivity contribution in [1.82, 2.24) is 15.2 Å². The number of unbranched alkanes of at least 4 members (excludes halogenated alkanes) is 2. The molecule has 1 unspecified atom stereocenters. The minimum atomic E-state index is -0.00675. The van der Waals surface area contributed by atoms with Gasteiger partial charge in [0.15, 0.2) is 5.76 Å². The maximum atomic E-state index is 12.3. The Labute approximate surface area is 170 Å². The highest BCUT2D eigenvalue weighted by Crippen LogP contribution is 2.23. The Morgan fingerprint density at radius 2 is 2.17 bits per heavy atom. The highest BCUT2D eigenvalue weighted by molar-refractivity contribution is 5.94. The summed E-state index contributed by atoms with van der Waals surface area (Å²) in [6.45, 7) is 2.36. The zero-order valence-electron chi connectivity index (χ0n) is 16.4. The molecule has 1 aliphatic rings. The zero-order chi connectivity index (χ0) is 20.3. The van der Waals surface area contributed by atoms with Gasteiger partial charge in [0, 0.05) is 37.7 Å². The average molecular weight is 394 g/mol. The molecule has 152 valence electrons. The van der Waals surface area contributed by atoms with Gasteiger partial charge in [-0.05, 0) is 49.4 Å². The summed E-state index contributed by atoms with van der Waals surface area (Å²) in [7, 11) is 0. The second-order valence-corrected chi connectivity index (χ2v) is 7.08. The Kier molecular flexibility index (Phi) is 7.63. The van der Waals surface area contributed by atoms with E-state index < -0.39 is 0 Å². The van der Waals surface area contributed by atoms with Gasteiger partial charge in [-0.15, -0.1) is 4.99 Å². The van der Waals surface area contributed by atoms with Gasteiger partial charge in [0.2, 0.25) is 12.2 Å². The lowest BCUT2D eigenvalue weighted by molar-refractivity contribution is 0.0755. The first-order chi connectivity index (χ1) is 14.3. The molecule has 0 saturated carbocycles. The molecule has 0 spiro atoms. The van der Waals surface area contributed by atoms with E-state index in [2.05, 4.69) is 20.6 Å². The monoisotopic (exact) mass is 394 g/mol. The number of pyridine rings is 1. The molecule has 1 fully saturated rings. The Bertz CT molecular complexity index is 829. The van der Waals surface area contributed by atoms with E-state index in [1.54, 1.807) is 24.5 Å². The van der Waals surface area contributed by atoms with Crippen LogP contribution in [0.4, 0.5) is 5.69 Å². The van der Waals surface area contributed by atoms with Crippen molar-refractivity contribution in [2.45, 2.75) is 32.1 Å². The van der Waals surface area contributed by atoms with E-state index in [1.807, 2.05) is 23.2 Å². The molecule has 3 heterocycles. The number of hydrogen-bond donors (Lipinski definition) is 2. The smallest absolute Gasteiger partial charge is 0.289 e. The van der Waals surface area contributed by atoms with Crippen molar-refractivity contribution < 1.29 is 9.21 Å². The first-order valence-electron chi connectivity index (χ1n) is 9.96. The van der Waals surface area contributed by atoms with Gasteiger partial charge >= 0.3 is 0 Å². The summed E-state index contributed by atoms with van der Waals surface area (Å²) in [6.07, 6.45) is 12.1. The molecule has 3 rings (SSSR count). The summed E-state index contributed by atoms with van der Waals surface area (Å²) in [6, 6.07) is 7.09. The number of hydrogen-bond acceptors (Lipinski definition) is 5. The molecule has 2 N–H and O–H groups in total. The number of guanidine groups is 1. The third kappa shape index (κ3) is 6.35. The van der Waals surface area contributed by atoms with Crippen LogP contribution in [0.5, 0.6) is 0 Å². The highest BCUT2D eigenvalue weighted by atomic mass is 16.3. The van der Waals surface area contributed by atoms with Crippen molar-refractivity contribution in [3.05, 3.63) is 48.7 Å². The number of aliphatic imine (C=N–C) groups is 1. The SMILES string of the molecule is N#CN=C(NCCCCCC1CCN(C(=O)c2ccco2)C1)Nc1ccncc1. The van der Waals surface area contributed by atoms with Crippen LogP contribution in [0.3, 0.4) is 0 Å². The second-order valence-electron chi connectivity index (χ2n) is 7.08. The summed E-state index contributed by atoms with van der Waals surface area (Å²) in [5.41, 5.74) is 0.830. The zero-order valence-corrected chi connectivity index (χ0v) is 16.4. The quantitative estimate of drug-likeness (QED) is 0.308. The van der Waals surface area contributed by atoms with E-state index >= 15 is 0 Å². The number of rotatable bonds is 8. The number of carbonyl (C=O) groups is 1. The number of likely N-dealkylation sites (tertiary alicyclic amines) is 1. The maximum Gasteiger partial charge on any atom is 0.289 e. The first-order valence-corrected chi connectivity index (χ1v) is 9.96. The highest BCUT2D eigenvalue weighted by Gasteiger charge is 2.27. The molecule has 1 amide bonds. The normalized spacial score (nSPS) is 16.4. The first kappa shape index (κ1) is 20.4. The van der Waals surface area contributed by atoms with E-state index in [9.17, 15) is 4.79 Å². The minimum Gasteiger partial charge on any atom is -0.459 e. The predicted molar refractivity (Wildman–Crippen MR) is 110 cm³/mol. The lowest BCUT2D eigenvalue weighted by Gasteiger charge is -2.15. The molecule has 1 atom stereocenters. The van der Waals surface area contributed by atoms with Crippen LogP contribution in [0.1, 0.15) is 42.7 Å². The largest absolute Gasteiger partial charge is 0.459 e. The molecule has 1 saturated heterocycles. The van der Waals surface area contributed by atoms with Crippen molar-refractivity contribution >= 4 is 17.6 Å². The van der Waals surface area contributed by atoms with Crippen LogP contribution in [0.2, 0.25) is 0 Å². The Morgan fingerprint density at radius 1 is 1.31 bits per heavy atom. The summed E-state index contributed by atoms with van der Waals surface area (Å²) in [4.78, 5) is 21.9. The number of anilines is 1. The fourth-order valence-electron chi connectivity index (χ4n) is 3.48. The van der Waals surface area contributed by atoms with Crippen molar-refractivity contribution in [1.29, 1.82) is 5.26 Å². The summed E-state index contributed by atoms with van der Waals surface area (Å²) in [5.74, 6) is 1.42. The number of nitrogens with one attached hydrogen (secondary N) is 2. The minimum absolute atomic E-state index is 0.00675. The number of nitriles is 1. The van der Waals surface area contributed by atoms with Crippen molar-refractivity contribution in [2.24, 2.45) is 10.9 Å². The molecule has 0 bridgehead atoms. The average Bonchev–Trinajstić information content (AvgIpc) is 3.43. The van der Waals surface area contributed by atoms with Gasteiger partial charge in [0.1, 0.15) is 0 Å². The van der Waals surface area contributed by atoms with Crippen LogP contribution in [0.15, 0.2) is 52.3 Å². The number of amides is 1. The Hall–Kier alpha value is -3.34. The third-order valence-corrected chi connectivity index (χ3v) is 4.99. The molecule has 8 heteroatoms. The van der Waals surface area contributed by atoms with Crippen molar-refractivity contribution in [3.8, 4) is 6.19 Å². The lowest BCUT2D eigenvalue weighted by Crippen LogP contribution is -2.31. The molecule has 2 aromatic rings. The van der Waals surface area contributed by atoms with Crippen molar-refractivity contribution in [3.63, 3.8) is 0 Å². The molecule has 2 aromatic heterocycles. The number of aromatic nitrogens is 1. The van der Waals surface area contributed by atoms with Crippen LogP contribution in [0.25, 0.3) is 0 Å². The summed E-state index contributed by atoms with van der Waals surface area (Å²) in [5, 5.41) is 15.1. The van der Waals surface area contributed by atoms with Gasteiger partial charge in [-0.1, -0.05) is 12.8 Å². The number of furan rings is 1. The van der Waals surface area contributed by atoms with Crippen LogP contribution in [0, 0.1) is 17.4 Å². The summed E-state index contributed by atoms with van der Waals surface area (Å²) >= 11 is 0. The van der Waals surface area contributed by atoms with Gasteiger partial charge in [-0.25, -0.2) is 0 Å². The van der Waals surface area contributed by atoms with Crippen LogP contribution < -0.4 is 10.6 Å². The summed E-state index contributed by atoms with van der Waals surface area (Å²) < 4.78 is 5.21. The Morgan fingerprint density at radius 3 is 2.93 bits per heavy atom. The van der Waals surface area contributed by atoms with Gasteiger partial charge in [0.25, 0.3) is 5.91 Å². The molecule has 0 aromatic carbocycles. The van der Waals surface area contributed by atoms with Crippen LogP contribution in [-0.2, 0) is 0 Å². The Balaban J connectivity index is 1.29. The lowest BCUT2D eigenvalue weighted by atomic mass is 10.0. The van der Waals surface area contributed by atoms with E-state index in [4.69, 9.17) is 9.68 Å². The standard InChI is InChI=1S/C21H26N6O2/c22-16-25-21(26-18-7-11-23-12-8-18)24-10-3-1-2-5-17-9-13-27(15-17)20(28)19-6-4-14-29-19/h4,6-8,11-12,14,17H,1-3,5,9-10,13,15H2,(H2,23,24,25,26). The fraction of sp³-hybridized carbons (Fsp3) is 0.429. The number of carbonyl (C=O) groups excluding carboxylic acids is 1. The molecule has 0 radical (unpaired) electrons. The van der Waals surface area contributed by atoms with Crippen LogP contribution >= 0.6 is 0 Å². The van der Waals surface area contributed by atoms with E-state index in [1.165, 1.54) is 6.26 Å². The molecule has 0 aliphatic carbocycles. The number of nitrogens with zero attached hydrogens (tertiary/aromatic N) is 4. The van der Waals surface area contributed by atoms with Crippen LogP contribution in [-0.4, -0.2) is 41.4 Å². The molecular weight excluding hydrogens is 368 g/mol. The van der Waals surface area contributed by atoms with Gasteiger partial charge < -0.3 is 20.0 Å². The predicted octanol–water partition coefficient (Wildman–Crippen LogP) is 3.24. The van der Waals surface area contributed by atoms with E-state index in [0.717, 1.165) is 57.4 Å². The topological polar surface area (TPSA) is 107 Å². The maximum absolute atomic E-state index is 12.3. The molecular formula is C21H26N6O2. The van der Waals surface area contributed by atoms with Crippen molar-refractivity contribution in [2.75, 3.05) is 25.0 Å². The fourth-order valence-corrected chi connectivity index (χ4v) is 3.48. The van der Waals surface area contributed by atoms with Gasteiger partial charge in [-0.3, -0.25) is 9.78 Å². The third-order valence-electron chi connectivity index (χ3n) is 4.99. The second kappa shape index (κ2) is 10.9.